The molecular weight excluding hydrogens is 393 g/mol. The van der Waals surface area contributed by atoms with E-state index in [0.29, 0.717) is 16.3 Å². The number of hydrogen-bond acceptors (Lipinski definition) is 4. The molecule has 0 spiro atoms. The summed E-state index contributed by atoms with van der Waals surface area (Å²) in [7, 11) is 1.50. The molecule has 1 saturated heterocycles. The molecule has 1 fully saturated rings. The molecule has 0 aliphatic carbocycles. The number of halogens is 2. The number of ether oxygens (including phenoxy) is 1. The fraction of sp³-hybridized carbons (Fsp3) is 0.167. The van der Waals surface area contributed by atoms with Crippen LogP contribution in [0.15, 0.2) is 42.5 Å². The van der Waals surface area contributed by atoms with Crippen LogP contribution in [-0.2, 0) is 10.3 Å². The third-order valence-corrected chi connectivity index (χ3v) is 4.61. The van der Waals surface area contributed by atoms with Crippen molar-refractivity contribution < 1.29 is 19.1 Å². The fourth-order valence-electron chi connectivity index (χ4n) is 2.72. The molecule has 2 aromatic rings. The van der Waals surface area contributed by atoms with E-state index in [1.54, 1.807) is 31.2 Å². The number of urea groups is 1. The summed E-state index contributed by atoms with van der Waals surface area (Å²) in [6.07, 6.45) is 0. The molecule has 7 nitrogen and oxygen atoms in total. The van der Waals surface area contributed by atoms with Crippen LogP contribution >= 0.6 is 23.2 Å². The van der Waals surface area contributed by atoms with Gasteiger partial charge in [0.05, 0.1) is 7.11 Å². The summed E-state index contributed by atoms with van der Waals surface area (Å²) in [5, 5.41) is 3.74. The topological polar surface area (TPSA) is 87.7 Å². The summed E-state index contributed by atoms with van der Waals surface area (Å²) in [6, 6.07) is 10.2. The molecule has 1 atom stereocenters. The number of methoxy groups -OCH3 is 1. The van der Waals surface area contributed by atoms with E-state index in [-0.39, 0.29) is 15.6 Å². The number of nitrogens with zero attached hydrogens (tertiary/aromatic N) is 1. The maximum Gasteiger partial charge on any atom is 0.344 e. The highest BCUT2D eigenvalue weighted by atomic mass is 35.5. The second kappa shape index (κ2) is 7.09. The van der Waals surface area contributed by atoms with Gasteiger partial charge in [0.25, 0.3) is 11.8 Å². The Morgan fingerprint density at radius 1 is 1.15 bits per heavy atom. The Labute approximate surface area is 165 Å². The molecule has 0 bridgehead atoms. The predicted molar refractivity (Wildman–Crippen MR) is 99.7 cm³/mol. The molecule has 27 heavy (non-hydrogen) atoms. The van der Waals surface area contributed by atoms with Gasteiger partial charge >= 0.3 is 6.03 Å². The number of hydrogen-bond donors (Lipinski definition) is 2. The Kier molecular flexibility index (Phi) is 4.99. The van der Waals surface area contributed by atoms with Gasteiger partial charge in [-0.15, -0.1) is 0 Å². The second-order valence-corrected chi connectivity index (χ2v) is 6.90. The first kappa shape index (κ1) is 19.0. The van der Waals surface area contributed by atoms with E-state index in [2.05, 4.69) is 10.7 Å². The summed E-state index contributed by atoms with van der Waals surface area (Å²) < 4.78 is 5.16. The van der Waals surface area contributed by atoms with Crippen molar-refractivity contribution in [1.82, 2.24) is 15.8 Å². The zero-order valence-corrected chi connectivity index (χ0v) is 15.9. The normalized spacial score (nSPS) is 19.0. The molecular formula is C18H15Cl2N3O4. The Balaban J connectivity index is 1.86. The van der Waals surface area contributed by atoms with Gasteiger partial charge in [-0.05, 0) is 42.8 Å². The lowest BCUT2D eigenvalue weighted by molar-refractivity contribution is -0.132. The van der Waals surface area contributed by atoms with Crippen molar-refractivity contribution in [2.75, 3.05) is 7.11 Å². The summed E-state index contributed by atoms with van der Waals surface area (Å²) in [5.41, 5.74) is 1.56. The van der Waals surface area contributed by atoms with Crippen molar-refractivity contribution in [2.24, 2.45) is 0 Å². The summed E-state index contributed by atoms with van der Waals surface area (Å²) in [6.45, 7) is 1.55. The molecule has 9 heteroatoms. The third kappa shape index (κ3) is 3.56. The van der Waals surface area contributed by atoms with E-state index in [1.807, 2.05) is 0 Å². The number of benzene rings is 2. The van der Waals surface area contributed by atoms with Crippen LogP contribution in [-0.4, -0.2) is 30.0 Å². The average Bonchev–Trinajstić information content (AvgIpc) is 2.85. The molecule has 0 radical (unpaired) electrons. The van der Waals surface area contributed by atoms with Crippen LogP contribution in [0.3, 0.4) is 0 Å². The number of rotatable bonds is 4. The molecule has 1 heterocycles. The SMILES string of the molecule is COc1cccc([C@]2(C)NC(=O)N(NC(=O)c3cc(Cl)cc(Cl)c3)C2=O)c1. The Morgan fingerprint density at radius 3 is 2.44 bits per heavy atom. The highest BCUT2D eigenvalue weighted by Gasteiger charge is 2.50. The first-order valence-electron chi connectivity index (χ1n) is 7.83. The molecule has 2 aromatic carbocycles. The minimum atomic E-state index is -1.36. The van der Waals surface area contributed by atoms with Crippen molar-refractivity contribution in [1.29, 1.82) is 0 Å². The summed E-state index contributed by atoms with van der Waals surface area (Å²) >= 11 is 11.8. The van der Waals surface area contributed by atoms with Gasteiger partial charge < -0.3 is 10.1 Å². The van der Waals surface area contributed by atoms with E-state index in [9.17, 15) is 14.4 Å². The fourth-order valence-corrected chi connectivity index (χ4v) is 3.25. The van der Waals surface area contributed by atoms with Gasteiger partial charge in [0.1, 0.15) is 11.3 Å². The van der Waals surface area contributed by atoms with Crippen molar-refractivity contribution >= 4 is 41.0 Å². The highest BCUT2D eigenvalue weighted by molar-refractivity contribution is 6.35. The number of amides is 4. The number of hydrazine groups is 1. The van der Waals surface area contributed by atoms with Crippen LogP contribution in [0.2, 0.25) is 10.0 Å². The van der Waals surface area contributed by atoms with E-state index in [0.717, 1.165) is 0 Å². The highest BCUT2D eigenvalue weighted by Crippen LogP contribution is 2.30. The number of nitrogens with one attached hydrogen (secondary N) is 2. The Hall–Kier alpha value is -2.77. The largest absolute Gasteiger partial charge is 0.497 e. The summed E-state index contributed by atoms with van der Waals surface area (Å²) in [4.78, 5) is 37.6. The van der Waals surface area contributed by atoms with Gasteiger partial charge in [0.15, 0.2) is 0 Å². The van der Waals surface area contributed by atoms with Gasteiger partial charge in [-0.1, -0.05) is 35.3 Å². The Morgan fingerprint density at radius 2 is 1.81 bits per heavy atom. The lowest BCUT2D eigenvalue weighted by Gasteiger charge is -2.22. The first-order chi connectivity index (χ1) is 12.7. The molecule has 3 rings (SSSR count). The quantitative estimate of drug-likeness (QED) is 0.762. The molecule has 1 aliphatic heterocycles. The van der Waals surface area contributed by atoms with Crippen LogP contribution in [0.1, 0.15) is 22.8 Å². The van der Waals surface area contributed by atoms with Crippen LogP contribution in [0.4, 0.5) is 4.79 Å². The predicted octanol–water partition coefficient (Wildman–Crippen LogP) is 3.11. The smallest absolute Gasteiger partial charge is 0.344 e. The van der Waals surface area contributed by atoms with E-state index < -0.39 is 23.4 Å². The van der Waals surface area contributed by atoms with Crippen molar-refractivity contribution in [2.45, 2.75) is 12.5 Å². The minimum Gasteiger partial charge on any atom is -0.497 e. The number of carbonyl (C=O) groups excluding carboxylic acids is 3. The van der Waals surface area contributed by atoms with E-state index in [1.165, 1.54) is 25.3 Å². The average molecular weight is 408 g/mol. The number of carbonyl (C=O) groups is 3. The van der Waals surface area contributed by atoms with Gasteiger partial charge in [0.2, 0.25) is 0 Å². The first-order valence-corrected chi connectivity index (χ1v) is 8.58. The van der Waals surface area contributed by atoms with E-state index >= 15 is 0 Å². The minimum absolute atomic E-state index is 0.114. The van der Waals surface area contributed by atoms with Crippen molar-refractivity contribution in [3.63, 3.8) is 0 Å². The van der Waals surface area contributed by atoms with Crippen LogP contribution in [0, 0.1) is 0 Å². The standard InChI is InChI=1S/C18H15Cl2N3O4/c1-18(11-4-3-5-14(8-11)27-2)16(25)23(17(26)21-18)22-15(24)10-6-12(19)9-13(20)7-10/h3-9H,1-2H3,(H,21,26)(H,22,24)/t18-/m0/s1. The van der Waals surface area contributed by atoms with E-state index in [4.69, 9.17) is 27.9 Å². The van der Waals surface area contributed by atoms with Crippen LogP contribution < -0.4 is 15.5 Å². The molecule has 0 saturated carbocycles. The molecule has 0 unspecified atom stereocenters. The van der Waals surface area contributed by atoms with Crippen molar-refractivity contribution in [3.05, 3.63) is 63.6 Å². The molecule has 140 valence electrons. The van der Waals surface area contributed by atoms with Crippen molar-refractivity contribution in [3.8, 4) is 5.75 Å². The third-order valence-electron chi connectivity index (χ3n) is 4.18. The van der Waals surface area contributed by atoms with Crippen LogP contribution in [0.25, 0.3) is 0 Å². The maximum absolute atomic E-state index is 12.9. The lowest BCUT2D eigenvalue weighted by Crippen LogP contribution is -2.47. The maximum atomic E-state index is 12.9. The number of imide groups is 1. The summed E-state index contributed by atoms with van der Waals surface area (Å²) in [5.74, 6) is -0.799. The zero-order chi connectivity index (χ0) is 19.8. The van der Waals surface area contributed by atoms with Crippen LogP contribution in [0.5, 0.6) is 5.75 Å². The molecule has 4 amide bonds. The molecule has 0 aromatic heterocycles. The monoisotopic (exact) mass is 407 g/mol. The van der Waals surface area contributed by atoms with Gasteiger partial charge in [-0.3, -0.25) is 15.0 Å². The molecule has 1 aliphatic rings. The van der Waals surface area contributed by atoms with Gasteiger partial charge in [-0.2, -0.15) is 5.01 Å². The van der Waals surface area contributed by atoms with Gasteiger partial charge in [0, 0.05) is 15.6 Å². The lowest BCUT2D eigenvalue weighted by atomic mass is 9.92. The molecule has 2 N–H and O–H groups in total. The zero-order valence-electron chi connectivity index (χ0n) is 14.4. The van der Waals surface area contributed by atoms with Gasteiger partial charge in [-0.25, -0.2) is 4.79 Å². The second-order valence-electron chi connectivity index (χ2n) is 6.03. The Bertz CT molecular complexity index is 930.